The molecule has 0 aliphatic carbocycles. The van der Waals surface area contributed by atoms with E-state index in [1.54, 1.807) is 12.1 Å². The zero-order chi connectivity index (χ0) is 15.4. The molecule has 0 spiro atoms. The molecule has 0 fully saturated rings. The molecule has 0 aliphatic heterocycles. The topological polar surface area (TPSA) is 40.5 Å². The number of rotatable bonds is 3. The first-order valence-electron chi connectivity index (χ1n) is 6.95. The van der Waals surface area contributed by atoms with Gasteiger partial charge in [-0.3, -0.25) is 0 Å². The molecule has 0 amide bonds. The lowest BCUT2D eigenvalue weighted by atomic mass is 10.4. The Morgan fingerprint density at radius 1 is 0.545 bits per heavy atom. The van der Waals surface area contributed by atoms with Crippen LogP contribution in [0.1, 0.15) is 0 Å². The van der Waals surface area contributed by atoms with Crippen LogP contribution in [0.2, 0.25) is 0 Å². The van der Waals surface area contributed by atoms with Crippen LogP contribution in [0.15, 0.2) is 101 Å². The number of hydrogen-bond acceptors (Lipinski definition) is 0. The lowest BCUT2D eigenvalue weighted by molar-refractivity contribution is 0.492. The van der Waals surface area contributed by atoms with E-state index in [9.17, 15) is 9.79 Å². The molecule has 0 saturated carbocycles. The molecule has 3 aromatic carbocycles. The molecule has 22 heavy (non-hydrogen) atoms. The van der Waals surface area contributed by atoms with Gasteiger partial charge in [-0.25, -0.2) is 0 Å². The van der Waals surface area contributed by atoms with Crippen LogP contribution in [0.25, 0.3) is 0 Å². The molecule has 0 radical (unpaired) electrons. The van der Waals surface area contributed by atoms with Crippen molar-refractivity contribution in [2.45, 2.75) is 9.79 Å². The third-order valence-corrected chi connectivity index (χ3v) is 9.62. The molecule has 3 rings (SSSR count). The third-order valence-electron chi connectivity index (χ3n) is 3.28. The zero-order valence-corrected chi connectivity index (χ0v) is 13.6. The van der Waals surface area contributed by atoms with Gasteiger partial charge in [0.05, 0.1) is 0 Å². The van der Waals surface area contributed by atoms with Crippen LogP contribution < -0.4 is 5.30 Å². The average Bonchev–Trinajstić information content (AvgIpc) is 2.58. The molecule has 0 aromatic heterocycles. The largest absolute Gasteiger partial charge is 0.345 e. The van der Waals surface area contributed by atoms with Crippen LogP contribution in [-0.2, 0) is 10.1 Å². The summed E-state index contributed by atoms with van der Waals surface area (Å²) in [4.78, 5) is 23.9. The molecule has 0 bridgehead atoms. The van der Waals surface area contributed by atoms with Gasteiger partial charge in [-0.15, -0.1) is 0 Å². The maximum Gasteiger partial charge on any atom is 0.183 e. The fourth-order valence-corrected chi connectivity index (χ4v) is 8.21. The third kappa shape index (κ3) is 3.08. The van der Waals surface area contributed by atoms with Crippen molar-refractivity contribution in [3.05, 3.63) is 91.0 Å². The smallest absolute Gasteiger partial charge is 0.183 e. The fourth-order valence-electron chi connectivity index (χ4n) is 2.26. The highest BCUT2D eigenvalue weighted by molar-refractivity contribution is 8.31. The summed E-state index contributed by atoms with van der Waals surface area (Å²) >= 11 is 0. The number of benzene rings is 3. The molecule has 0 atom stereocenters. The molecule has 3 aromatic rings. The van der Waals surface area contributed by atoms with E-state index in [1.807, 2.05) is 78.9 Å². The van der Waals surface area contributed by atoms with E-state index < -0.39 is 16.6 Å². The molecule has 0 aliphatic rings. The highest BCUT2D eigenvalue weighted by Gasteiger charge is 2.21. The molecule has 0 saturated heterocycles. The first-order chi connectivity index (χ1) is 10.7. The second-order valence-corrected chi connectivity index (χ2v) is 10.5. The Kier molecular flexibility index (Phi) is 4.60. The summed E-state index contributed by atoms with van der Waals surface area (Å²) in [5.41, 5.74) is 0. The van der Waals surface area contributed by atoms with Gasteiger partial charge in [-0.05, 0) is 36.4 Å². The zero-order valence-electron chi connectivity index (χ0n) is 11.9. The van der Waals surface area contributed by atoms with Crippen LogP contribution in [0.4, 0.5) is 0 Å². The molecule has 2 N–H and O–H groups in total. The van der Waals surface area contributed by atoms with Gasteiger partial charge in [0.1, 0.15) is 0 Å². The average molecular weight is 328 g/mol. The predicted molar refractivity (Wildman–Crippen MR) is 94.2 cm³/mol. The standard InChI is InChI=1S/C18H17O2PS/c19-21(20,16-10-4-1-5-11-16)22(17-12-6-2-7-13-17)18-14-8-3-9-15-18/h1-15,19-20H. The van der Waals surface area contributed by atoms with Crippen molar-refractivity contribution < 1.29 is 9.79 Å². The molecule has 112 valence electrons. The van der Waals surface area contributed by atoms with Crippen molar-refractivity contribution in [1.29, 1.82) is 0 Å². The summed E-state index contributed by atoms with van der Waals surface area (Å²) in [6.07, 6.45) is 0. The van der Waals surface area contributed by atoms with Crippen LogP contribution in [0.5, 0.6) is 0 Å². The van der Waals surface area contributed by atoms with Crippen molar-refractivity contribution in [1.82, 2.24) is 0 Å². The van der Waals surface area contributed by atoms with Gasteiger partial charge in [0.15, 0.2) is 6.49 Å². The maximum absolute atomic E-state index is 11.0. The lowest BCUT2D eigenvalue weighted by Crippen LogP contribution is -2.09. The van der Waals surface area contributed by atoms with E-state index in [4.69, 9.17) is 0 Å². The van der Waals surface area contributed by atoms with E-state index >= 15 is 0 Å². The van der Waals surface area contributed by atoms with Crippen molar-refractivity contribution in [2.75, 3.05) is 0 Å². The van der Waals surface area contributed by atoms with Gasteiger partial charge in [-0.1, -0.05) is 64.7 Å². The Balaban J connectivity index is 2.33. The van der Waals surface area contributed by atoms with E-state index in [2.05, 4.69) is 0 Å². The predicted octanol–water partition coefficient (Wildman–Crippen LogP) is 3.80. The van der Waals surface area contributed by atoms with Crippen LogP contribution >= 0.6 is 6.49 Å². The lowest BCUT2D eigenvalue weighted by Gasteiger charge is -2.21. The summed E-state index contributed by atoms with van der Waals surface area (Å²) in [5.74, 6) is 0. The Bertz CT molecular complexity index is 755. The summed E-state index contributed by atoms with van der Waals surface area (Å²) in [6.45, 7) is -3.32. The quantitative estimate of drug-likeness (QED) is 0.718. The molecule has 0 unspecified atom stereocenters. The fraction of sp³-hybridized carbons (Fsp3) is 0. The summed E-state index contributed by atoms with van der Waals surface area (Å²) < 4.78 is 0. The first kappa shape index (κ1) is 15.3. The Morgan fingerprint density at radius 3 is 1.32 bits per heavy atom. The van der Waals surface area contributed by atoms with E-state index in [-0.39, 0.29) is 0 Å². The second-order valence-electron chi connectivity index (χ2n) is 4.79. The van der Waals surface area contributed by atoms with Crippen LogP contribution in [-0.4, -0.2) is 9.79 Å². The van der Waals surface area contributed by atoms with Gasteiger partial charge in [-0.2, -0.15) is 0 Å². The Morgan fingerprint density at radius 2 is 0.909 bits per heavy atom. The minimum Gasteiger partial charge on any atom is -0.345 e. The monoisotopic (exact) mass is 328 g/mol. The summed E-state index contributed by atoms with van der Waals surface area (Å²) in [7, 11) is -0.790. The normalized spacial score (nSPS) is 11.6. The van der Waals surface area contributed by atoms with E-state index in [0.29, 0.717) is 5.30 Å². The molecule has 2 nitrogen and oxygen atoms in total. The molecule has 0 heterocycles. The number of hydrogen-bond donors (Lipinski definition) is 2. The van der Waals surface area contributed by atoms with Gasteiger partial charge in [0, 0.05) is 15.1 Å². The van der Waals surface area contributed by atoms with Gasteiger partial charge < -0.3 is 9.79 Å². The second kappa shape index (κ2) is 6.64. The highest BCUT2D eigenvalue weighted by Crippen LogP contribution is 2.46. The van der Waals surface area contributed by atoms with Crippen molar-refractivity contribution in [3.63, 3.8) is 0 Å². The molecule has 4 heteroatoms. The minimum atomic E-state index is -3.32. The minimum absolute atomic E-state index is 0.603. The SMILES string of the molecule is OP(O)(c1ccccc1)=S(c1ccccc1)c1ccccc1. The Labute approximate surface area is 132 Å². The van der Waals surface area contributed by atoms with Gasteiger partial charge in [0.2, 0.25) is 0 Å². The molecular weight excluding hydrogens is 311 g/mol. The van der Waals surface area contributed by atoms with E-state index in [0.717, 1.165) is 9.79 Å². The van der Waals surface area contributed by atoms with Crippen molar-refractivity contribution >= 4 is 21.9 Å². The molecular formula is C18H17O2PS. The van der Waals surface area contributed by atoms with Crippen LogP contribution in [0, 0.1) is 0 Å². The van der Waals surface area contributed by atoms with Crippen molar-refractivity contribution in [2.24, 2.45) is 0 Å². The maximum atomic E-state index is 11.0. The van der Waals surface area contributed by atoms with Crippen LogP contribution in [0.3, 0.4) is 0 Å². The van der Waals surface area contributed by atoms with Gasteiger partial charge in [0.25, 0.3) is 0 Å². The van der Waals surface area contributed by atoms with E-state index in [1.165, 1.54) is 0 Å². The summed E-state index contributed by atoms with van der Waals surface area (Å²) in [5, 5.41) is 0.603. The Hall–Kier alpha value is -1.64. The highest BCUT2D eigenvalue weighted by atomic mass is 32.5. The van der Waals surface area contributed by atoms with Gasteiger partial charge >= 0.3 is 0 Å². The summed E-state index contributed by atoms with van der Waals surface area (Å²) in [6, 6.07) is 28.6. The van der Waals surface area contributed by atoms with Crippen molar-refractivity contribution in [3.8, 4) is 0 Å². The first-order valence-corrected chi connectivity index (χ1v) is 10.5.